The van der Waals surface area contributed by atoms with Crippen LogP contribution in [-0.4, -0.2) is 10.8 Å². The van der Waals surface area contributed by atoms with E-state index in [1.54, 1.807) is 30.6 Å². The van der Waals surface area contributed by atoms with E-state index in [1.165, 1.54) is 12.1 Å². The van der Waals surface area contributed by atoms with Crippen LogP contribution in [0.4, 0.5) is 4.39 Å². The molecule has 0 N–H and O–H groups in total. The molecule has 0 spiro atoms. The fourth-order valence-electron chi connectivity index (χ4n) is 1.50. The van der Waals surface area contributed by atoms with Crippen LogP contribution in [0, 0.1) is 5.82 Å². The topological polar surface area (TPSA) is 30.0 Å². The highest BCUT2D eigenvalue weighted by Crippen LogP contribution is 2.16. The third-order valence-corrected chi connectivity index (χ3v) is 2.76. The van der Waals surface area contributed by atoms with Gasteiger partial charge in [-0.05, 0) is 35.9 Å². The van der Waals surface area contributed by atoms with Gasteiger partial charge in [-0.15, -0.1) is 0 Å². The first-order valence-electron chi connectivity index (χ1n) is 5.03. The Balaban J connectivity index is 2.20. The molecule has 0 aliphatic heterocycles. The van der Waals surface area contributed by atoms with Crippen LogP contribution in [0.25, 0.3) is 0 Å². The molecule has 0 aliphatic rings. The van der Waals surface area contributed by atoms with Gasteiger partial charge in [-0.2, -0.15) is 0 Å². The molecule has 2 rings (SSSR count). The molecule has 0 amide bonds. The van der Waals surface area contributed by atoms with Crippen molar-refractivity contribution < 1.29 is 9.18 Å². The Morgan fingerprint density at radius 1 is 1.24 bits per heavy atom. The molecule has 0 unspecified atom stereocenters. The molecule has 1 heterocycles. The number of aromatic nitrogens is 1. The minimum atomic E-state index is -0.419. The molecule has 0 aliphatic carbocycles. The number of hydrogen-bond acceptors (Lipinski definition) is 2. The van der Waals surface area contributed by atoms with Crippen LogP contribution >= 0.6 is 15.9 Å². The van der Waals surface area contributed by atoms with E-state index in [0.717, 1.165) is 5.56 Å². The third-order valence-electron chi connectivity index (χ3n) is 2.30. The maximum absolute atomic E-state index is 13.1. The van der Waals surface area contributed by atoms with Gasteiger partial charge in [-0.1, -0.05) is 15.9 Å². The normalized spacial score (nSPS) is 10.2. The first kappa shape index (κ1) is 11.9. The zero-order chi connectivity index (χ0) is 12.3. The Bertz CT molecular complexity index is 522. The Labute approximate surface area is 107 Å². The summed E-state index contributed by atoms with van der Waals surface area (Å²) < 4.78 is 13.7. The van der Waals surface area contributed by atoms with Crippen molar-refractivity contribution in [3.05, 3.63) is 64.1 Å². The first-order chi connectivity index (χ1) is 8.15. The Morgan fingerprint density at radius 2 is 1.94 bits per heavy atom. The Hall–Kier alpha value is -1.55. The molecule has 0 saturated heterocycles. The number of hydrogen-bond donors (Lipinski definition) is 0. The van der Waals surface area contributed by atoms with Crippen molar-refractivity contribution in [3.8, 4) is 0 Å². The number of halogens is 2. The molecule has 0 atom stereocenters. The lowest BCUT2D eigenvalue weighted by Crippen LogP contribution is -2.04. The Morgan fingerprint density at radius 3 is 2.59 bits per heavy atom. The number of ketones is 1. The number of pyridine rings is 1. The largest absolute Gasteiger partial charge is 0.294 e. The summed E-state index contributed by atoms with van der Waals surface area (Å²) in [5, 5.41) is 0. The summed E-state index contributed by atoms with van der Waals surface area (Å²) >= 11 is 3.16. The van der Waals surface area contributed by atoms with Crippen LogP contribution in [0.3, 0.4) is 0 Å². The van der Waals surface area contributed by atoms with E-state index in [9.17, 15) is 9.18 Å². The molecule has 1 aromatic carbocycles. The fraction of sp³-hybridized carbons (Fsp3) is 0.0769. The van der Waals surface area contributed by atoms with Gasteiger partial charge < -0.3 is 0 Å². The summed E-state index contributed by atoms with van der Waals surface area (Å²) in [5.74, 6) is -0.533. The molecule has 0 radical (unpaired) electrons. The van der Waals surface area contributed by atoms with Gasteiger partial charge in [0.15, 0.2) is 5.78 Å². The van der Waals surface area contributed by atoms with Crippen molar-refractivity contribution in [1.82, 2.24) is 4.98 Å². The predicted octanol–water partition coefficient (Wildman–Crippen LogP) is 3.41. The molecule has 0 fully saturated rings. The highest BCUT2D eigenvalue weighted by atomic mass is 79.9. The minimum absolute atomic E-state index is 0.114. The van der Waals surface area contributed by atoms with Gasteiger partial charge in [0.2, 0.25) is 0 Å². The van der Waals surface area contributed by atoms with Gasteiger partial charge >= 0.3 is 0 Å². The van der Waals surface area contributed by atoms with Gasteiger partial charge in [0.05, 0.1) is 0 Å². The van der Waals surface area contributed by atoms with Crippen LogP contribution in [0.15, 0.2) is 47.2 Å². The minimum Gasteiger partial charge on any atom is -0.294 e. The van der Waals surface area contributed by atoms with E-state index >= 15 is 0 Å². The molecule has 17 heavy (non-hydrogen) atoms. The van der Waals surface area contributed by atoms with E-state index in [0.29, 0.717) is 10.0 Å². The summed E-state index contributed by atoms with van der Waals surface area (Å²) in [4.78, 5) is 15.8. The monoisotopic (exact) mass is 293 g/mol. The molecule has 0 bridgehead atoms. The SMILES string of the molecule is O=C(Cc1ccncc1)c1cc(F)cc(Br)c1. The number of nitrogens with zero attached hydrogens (tertiary/aromatic N) is 1. The molecule has 2 nitrogen and oxygen atoms in total. The molecule has 86 valence electrons. The standard InChI is InChI=1S/C13H9BrFNO/c14-11-6-10(7-12(15)8-11)13(17)5-9-1-3-16-4-2-9/h1-4,6-8H,5H2. The van der Waals surface area contributed by atoms with Crippen LogP contribution in [0.5, 0.6) is 0 Å². The maximum Gasteiger partial charge on any atom is 0.167 e. The van der Waals surface area contributed by atoms with Crippen LogP contribution in [0.2, 0.25) is 0 Å². The second-order valence-corrected chi connectivity index (χ2v) is 4.53. The molecule has 1 aromatic heterocycles. The second kappa shape index (κ2) is 5.19. The average Bonchev–Trinajstić information content (AvgIpc) is 2.29. The molecule has 0 saturated carbocycles. The Kier molecular flexibility index (Phi) is 3.64. The number of carbonyl (C=O) groups is 1. The predicted molar refractivity (Wildman–Crippen MR) is 66.4 cm³/mol. The lowest BCUT2D eigenvalue weighted by atomic mass is 10.0. The van der Waals surface area contributed by atoms with E-state index < -0.39 is 5.82 Å². The van der Waals surface area contributed by atoms with E-state index in [-0.39, 0.29) is 12.2 Å². The summed E-state index contributed by atoms with van der Waals surface area (Å²) in [6.45, 7) is 0. The van der Waals surface area contributed by atoms with E-state index in [2.05, 4.69) is 20.9 Å². The van der Waals surface area contributed by atoms with Crippen molar-refractivity contribution in [2.45, 2.75) is 6.42 Å². The smallest absolute Gasteiger partial charge is 0.167 e. The van der Waals surface area contributed by atoms with Gasteiger partial charge in [-0.25, -0.2) is 4.39 Å². The fourth-order valence-corrected chi connectivity index (χ4v) is 1.97. The first-order valence-corrected chi connectivity index (χ1v) is 5.82. The van der Waals surface area contributed by atoms with Crippen LogP contribution < -0.4 is 0 Å². The summed E-state index contributed by atoms with van der Waals surface area (Å²) in [6.07, 6.45) is 3.51. The van der Waals surface area contributed by atoms with Crippen molar-refractivity contribution in [2.24, 2.45) is 0 Å². The van der Waals surface area contributed by atoms with Gasteiger partial charge in [-0.3, -0.25) is 9.78 Å². The van der Waals surface area contributed by atoms with E-state index in [4.69, 9.17) is 0 Å². The summed E-state index contributed by atoms with van der Waals surface area (Å²) in [5.41, 5.74) is 1.24. The van der Waals surface area contributed by atoms with Gasteiger partial charge in [0.25, 0.3) is 0 Å². The molecule has 4 heteroatoms. The van der Waals surface area contributed by atoms with Crippen LogP contribution in [0.1, 0.15) is 15.9 Å². The molecule has 2 aromatic rings. The summed E-state index contributed by atoms with van der Waals surface area (Å²) in [7, 11) is 0. The highest BCUT2D eigenvalue weighted by Gasteiger charge is 2.09. The third kappa shape index (κ3) is 3.20. The van der Waals surface area contributed by atoms with Crippen LogP contribution in [-0.2, 0) is 6.42 Å². The number of Topliss-reactive ketones (excluding diaryl/α,β-unsaturated/α-hetero) is 1. The quantitative estimate of drug-likeness (QED) is 0.812. The molecular weight excluding hydrogens is 285 g/mol. The number of rotatable bonds is 3. The zero-order valence-corrected chi connectivity index (χ0v) is 10.4. The lowest BCUT2D eigenvalue weighted by Gasteiger charge is -2.02. The average molecular weight is 294 g/mol. The zero-order valence-electron chi connectivity index (χ0n) is 8.86. The highest BCUT2D eigenvalue weighted by molar-refractivity contribution is 9.10. The number of carbonyl (C=O) groups excluding carboxylic acids is 1. The maximum atomic E-state index is 13.1. The van der Waals surface area contributed by atoms with Gasteiger partial charge in [0, 0.05) is 28.9 Å². The van der Waals surface area contributed by atoms with Crippen molar-refractivity contribution in [3.63, 3.8) is 0 Å². The lowest BCUT2D eigenvalue weighted by molar-refractivity contribution is 0.0992. The van der Waals surface area contributed by atoms with Crippen molar-refractivity contribution in [1.29, 1.82) is 0 Å². The van der Waals surface area contributed by atoms with Crippen molar-refractivity contribution >= 4 is 21.7 Å². The van der Waals surface area contributed by atoms with Gasteiger partial charge in [0.1, 0.15) is 5.82 Å². The summed E-state index contributed by atoms with van der Waals surface area (Å²) in [6, 6.07) is 7.72. The van der Waals surface area contributed by atoms with Crippen molar-refractivity contribution in [2.75, 3.05) is 0 Å². The van der Waals surface area contributed by atoms with E-state index in [1.807, 2.05) is 0 Å². The molecular formula is C13H9BrFNO. The second-order valence-electron chi connectivity index (χ2n) is 3.61. The number of benzene rings is 1.